The van der Waals surface area contributed by atoms with E-state index in [1.807, 2.05) is 16.7 Å². The largest absolute Gasteiger partial charge is 0.468 e. The van der Waals surface area contributed by atoms with Crippen LogP contribution in [0.5, 0.6) is 0 Å². The van der Waals surface area contributed by atoms with Gasteiger partial charge in [-0.3, -0.25) is 9.36 Å². The number of esters is 1. The Hall–Kier alpha value is -1.96. The Morgan fingerprint density at radius 1 is 1.36 bits per heavy atom. The molecular weight excluding hydrogens is 340 g/mol. The molecule has 2 unspecified atom stereocenters. The van der Waals surface area contributed by atoms with E-state index in [-0.39, 0.29) is 11.7 Å². The van der Waals surface area contributed by atoms with Gasteiger partial charge in [0.15, 0.2) is 5.16 Å². The van der Waals surface area contributed by atoms with Crippen LogP contribution < -0.4 is 4.90 Å². The fourth-order valence-electron chi connectivity index (χ4n) is 3.33. The molecule has 7 nitrogen and oxygen atoms in total. The first-order chi connectivity index (χ1) is 12.1. The lowest BCUT2D eigenvalue weighted by atomic mass is 9.92. The van der Waals surface area contributed by atoms with E-state index < -0.39 is 0 Å². The molecule has 0 radical (unpaired) electrons. The average molecular weight is 364 g/mol. The van der Waals surface area contributed by atoms with Gasteiger partial charge in [-0.05, 0) is 30.4 Å². The average Bonchev–Trinajstić information content (AvgIpc) is 3.22. The van der Waals surface area contributed by atoms with Crippen molar-refractivity contribution in [3.63, 3.8) is 0 Å². The summed E-state index contributed by atoms with van der Waals surface area (Å²) in [5, 5.41) is 9.43. The molecule has 2 aromatic heterocycles. The van der Waals surface area contributed by atoms with Gasteiger partial charge in [-0.1, -0.05) is 25.6 Å². The zero-order valence-electron chi connectivity index (χ0n) is 14.8. The van der Waals surface area contributed by atoms with Crippen molar-refractivity contribution in [2.75, 3.05) is 30.9 Å². The lowest BCUT2D eigenvalue weighted by Gasteiger charge is -2.35. The van der Waals surface area contributed by atoms with Gasteiger partial charge >= 0.3 is 5.97 Å². The summed E-state index contributed by atoms with van der Waals surface area (Å²) in [5.41, 5.74) is 0. The molecule has 2 atom stereocenters. The molecule has 0 aliphatic carbocycles. The van der Waals surface area contributed by atoms with Crippen LogP contribution >= 0.6 is 11.8 Å². The molecule has 0 aromatic carbocycles. The molecule has 0 saturated carbocycles. The lowest BCUT2D eigenvalue weighted by molar-refractivity contribution is -0.137. The molecule has 0 N–H and O–H groups in total. The number of rotatable bonds is 6. The second kappa shape index (κ2) is 7.95. The van der Waals surface area contributed by atoms with E-state index in [0.717, 1.165) is 24.8 Å². The van der Waals surface area contributed by atoms with Crippen molar-refractivity contribution in [2.24, 2.45) is 11.8 Å². The molecule has 8 heteroatoms. The molecule has 1 aliphatic rings. The van der Waals surface area contributed by atoms with Gasteiger partial charge in [-0.2, -0.15) is 0 Å². The smallest absolute Gasteiger partial charge is 0.316 e. The van der Waals surface area contributed by atoms with E-state index >= 15 is 0 Å². The van der Waals surface area contributed by atoms with E-state index in [1.54, 1.807) is 6.26 Å². The highest BCUT2D eigenvalue weighted by Gasteiger charge is 2.27. The van der Waals surface area contributed by atoms with Crippen molar-refractivity contribution in [1.82, 2.24) is 14.8 Å². The molecule has 1 fully saturated rings. The Kier molecular flexibility index (Phi) is 5.67. The van der Waals surface area contributed by atoms with Crippen LogP contribution in [0.3, 0.4) is 0 Å². The number of carbonyl (C=O) groups excluding carboxylic acids is 1. The molecule has 25 heavy (non-hydrogen) atoms. The number of thioether (sulfide) groups is 1. The van der Waals surface area contributed by atoms with Crippen LogP contribution in [0.1, 0.15) is 26.0 Å². The molecule has 1 aliphatic heterocycles. The summed E-state index contributed by atoms with van der Waals surface area (Å²) < 4.78 is 12.2. The van der Waals surface area contributed by atoms with Crippen LogP contribution in [0, 0.1) is 11.8 Å². The minimum Gasteiger partial charge on any atom is -0.468 e. The monoisotopic (exact) mass is 364 g/mol. The van der Waals surface area contributed by atoms with Crippen LogP contribution in [0.2, 0.25) is 0 Å². The number of hydrogen-bond donors (Lipinski definition) is 0. The highest BCUT2D eigenvalue weighted by Crippen LogP contribution is 2.29. The number of furan rings is 1. The van der Waals surface area contributed by atoms with Gasteiger partial charge in [0.05, 0.1) is 25.7 Å². The number of ether oxygens (including phenoxy) is 1. The number of methoxy groups -OCH3 is 1. The normalized spacial score (nSPS) is 20.7. The van der Waals surface area contributed by atoms with Gasteiger partial charge in [0, 0.05) is 13.1 Å². The van der Waals surface area contributed by atoms with E-state index in [0.29, 0.717) is 23.5 Å². The van der Waals surface area contributed by atoms with Crippen LogP contribution in [0.25, 0.3) is 0 Å². The standard InChI is InChI=1S/C17H24N4O3S/c1-12-7-13(2)9-20(8-12)16-18-19-17(25-11-15(22)23-3)21(16)10-14-5-4-6-24-14/h4-6,12-13H,7-11H2,1-3H3. The zero-order chi connectivity index (χ0) is 17.8. The molecule has 2 aromatic rings. The minimum atomic E-state index is -0.278. The maximum atomic E-state index is 11.5. The summed E-state index contributed by atoms with van der Waals surface area (Å²) in [6.07, 6.45) is 2.89. The van der Waals surface area contributed by atoms with Crippen molar-refractivity contribution in [1.29, 1.82) is 0 Å². The van der Waals surface area contributed by atoms with Gasteiger partial charge in [0.2, 0.25) is 5.95 Å². The summed E-state index contributed by atoms with van der Waals surface area (Å²) in [7, 11) is 1.39. The maximum absolute atomic E-state index is 11.5. The molecule has 0 amide bonds. The Balaban J connectivity index is 1.85. The number of carbonyl (C=O) groups is 1. The number of nitrogens with zero attached hydrogens (tertiary/aromatic N) is 4. The van der Waals surface area contributed by atoms with Crippen molar-refractivity contribution in [2.45, 2.75) is 32.0 Å². The quantitative estimate of drug-likeness (QED) is 0.576. The van der Waals surface area contributed by atoms with E-state index in [1.165, 1.54) is 25.3 Å². The predicted octanol–water partition coefficient (Wildman–Crippen LogP) is 2.67. The van der Waals surface area contributed by atoms with Gasteiger partial charge in [-0.15, -0.1) is 10.2 Å². The number of aromatic nitrogens is 3. The molecule has 3 heterocycles. The van der Waals surface area contributed by atoms with E-state index in [4.69, 9.17) is 9.15 Å². The fraction of sp³-hybridized carbons (Fsp3) is 0.588. The van der Waals surface area contributed by atoms with Crippen molar-refractivity contribution < 1.29 is 13.9 Å². The SMILES string of the molecule is COC(=O)CSc1nnc(N2CC(C)CC(C)C2)n1Cc1ccco1. The van der Waals surface area contributed by atoms with Crippen molar-refractivity contribution in [3.8, 4) is 0 Å². The molecule has 1 saturated heterocycles. The first-order valence-electron chi connectivity index (χ1n) is 8.47. The summed E-state index contributed by atoms with van der Waals surface area (Å²) in [4.78, 5) is 13.8. The van der Waals surface area contributed by atoms with Gasteiger partial charge in [0.1, 0.15) is 5.76 Å². The zero-order valence-corrected chi connectivity index (χ0v) is 15.7. The topological polar surface area (TPSA) is 73.4 Å². The molecular formula is C17H24N4O3S. The van der Waals surface area contributed by atoms with Crippen LogP contribution in [-0.2, 0) is 16.1 Å². The minimum absolute atomic E-state index is 0.208. The summed E-state index contributed by atoms with van der Waals surface area (Å²) in [6, 6.07) is 3.80. The lowest BCUT2D eigenvalue weighted by Crippen LogP contribution is -2.40. The van der Waals surface area contributed by atoms with Gasteiger partial charge < -0.3 is 14.1 Å². The highest BCUT2D eigenvalue weighted by atomic mass is 32.2. The summed E-state index contributed by atoms with van der Waals surface area (Å²) in [5.74, 6) is 2.83. The van der Waals surface area contributed by atoms with Crippen molar-refractivity contribution in [3.05, 3.63) is 24.2 Å². The van der Waals surface area contributed by atoms with Crippen LogP contribution in [-0.4, -0.2) is 46.7 Å². The second-order valence-electron chi connectivity index (χ2n) is 6.66. The molecule has 0 bridgehead atoms. The Morgan fingerprint density at radius 2 is 2.12 bits per heavy atom. The second-order valence-corrected chi connectivity index (χ2v) is 7.61. The maximum Gasteiger partial charge on any atom is 0.316 e. The highest BCUT2D eigenvalue weighted by molar-refractivity contribution is 7.99. The van der Waals surface area contributed by atoms with Gasteiger partial charge in [-0.25, -0.2) is 0 Å². The van der Waals surface area contributed by atoms with Crippen LogP contribution in [0.4, 0.5) is 5.95 Å². The van der Waals surface area contributed by atoms with E-state index in [2.05, 4.69) is 28.9 Å². The summed E-state index contributed by atoms with van der Waals surface area (Å²) >= 11 is 1.33. The van der Waals surface area contributed by atoms with E-state index in [9.17, 15) is 4.79 Å². The van der Waals surface area contributed by atoms with Crippen molar-refractivity contribution >= 4 is 23.7 Å². The third-order valence-electron chi connectivity index (χ3n) is 4.29. The van der Waals surface area contributed by atoms with Crippen LogP contribution in [0.15, 0.2) is 28.0 Å². The summed E-state index contributed by atoms with van der Waals surface area (Å²) in [6.45, 7) is 6.99. The first kappa shape index (κ1) is 17.8. The molecule has 3 rings (SSSR count). The fourth-order valence-corrected chi connectivity index (χ4v) is 4.09. The Labute approximate surface area is 151 Å². The van der Waals surface area contributed by atoms with Gasteiger partial charge in [0.25, 0.3) is 0 Å². The molecule has 0 spiro atoms. The number of piperidine rings is 1. The Morgan fingerprint density at radius 3 is 2.76 bits per heavy atom. The predicted molar refractivity (Wildman–Crippen MR) is 95.7 cm³/mol. The number of hydrogen-bond acceptors (Lipinski definition) is 7. The number of anilines is 1. The third-order valence-corrected chi connectivity index (χ3v) is 5.23. The third kappa shape index (κ3) is 4.36. The Bertz CT molecular complexity index is 691. The first-order valence-corrected chi connectivity index (χ1v) is 9.45. The molecule has 136 valence electrons.